The monoisotopic (exact) mass is 270 g/mol. The lowest BCUT2D eigenvalue weighted by Gasteiger charge is -2.05. The summed E-state index contributed by atoms with van der Waals surface area (Å²) >= 11 is 0. The summed E-state index contributed by atoms with van der Waals surface area (Å²) in [6, 6.07) is 0. The number of ketones is 1. The Labute approximate surface area is 114 Å². The maximum Gasteiger partial charge on any atom is 0.333 e. The molecule has 0 aromatic heterocycles. The Morgan fingerprint density at radius 1 is 0.895 bits per heavy atom. The van der Waals surface area contributed by atoms with Crippen molar-refractivity contribution in [3.8, 4) is 0 Å². The van der Waals surface area contributed by atoms with Crippen LogP contribution in [-0.4, -0.2) is 30.9 Å². The molecule has 5 heteroatoms. The van der Waals surface area contributed by atoms with Gasteiger partial charge in [-0.2, -0.15) is 0 Å². The molecule has 0 aliphatic rings. The van der Waals surface area contributed by atoms with Crippen LogP contribution in [0.15, 0.2) is 12.2 Å². The highest BCUT2D eigenvalue weighted by Gasteiger charge is 2.05. The summed E-state index contributed by atoms with van der Waals surface area (Å²) in [5, 5.41) is 0. The third kappa shape index (κ3) is 11.2. The molecule has 0 amide bonds. The largest absolute Gasteiger partial charge is 0.465 e. The Kier molecular flexibility index (Phi) is 9.40. The van der Waals surface area contributed by atoms with Crippen molar-refractivity contribution in [3.05, 3.63) is 12.2 Å². The van der Waals surface area contributed by atoms with Gasteiger partial charge in [-0.05, 0) is 39.5 Å². The predicted molar refractivity (Wildman–Crippen MR) is 70.5 cm³/mol. The van der Waals surface area contributed by atoms with Crippen LogP contribution in [0.5, 0.6) is 0 Å². The highest BCUT2D eigenvalue weighted by atomic mass is 16.5. The molecule has 0 saturated carbocycles. The van der Waals surface area contributed by atoms with Gasteiger partial charge in [0.25, 0.3) is 0 Å². The first kappa shape index (κ1) is 17.4. The zero-order valence-corrected chi connectivity index (χ0v) is 11.7. The predicted octanol–water partition coefficient (Wildman–Crippen LogP) is 2.19. The lowest BCUT2D eigenvalue weighted by atomic mass is 10.2. The van der Waals surface area contributed by atoms with Gasteiger partial charge in [0.1, 0.15) is 12.2 Å². The third-order valence-electron chi connectivity index (χ3n) is 2.28. The number of hydrogen-bond acceptors (Lipinski definition) is 5. The van der Waals surface area contributed by atoms with Crippen molar-refractivity contribution in [2.75, 3.05) is 13.2 Å². The summed E-state index contributed by atoms with van der Waals surface area (Å²) in [5.41, 5.74) is 0.400. The number of unbranched alkanes of at least 4 members (excludes halogenated alkanes) is 3. The van der Waals surface area contributed by atoms with Gasteiger partial charge in [0, 0.05) is 5.57 Å². The van der Waals surface area contributed by atoms with Crippen LogP contribution < -0.4 is 0 Å². The highest BCUT2D eigenvalue weighted by Crippen LogP contribution is 2.02. The quantitative estimate of drug-likeness (QED) is 0.263. The van der Waals surface area contributed by atoms with Crippen molar-refractivity contribution >= 4 is 17.7 Å². The van der Waals surface area contributed by atoms with Crippen molar-refractivity contribution in [2.45, 2.75) is 46.0 Å². The maximum atomic E-state index is 11.0. The van der Waals surface area contributed by atoms with E-state index in [0.29, 0.717) is 18.8 Å². The van der Waals surface area contributed by atoms with E-state index in [1.807, 2.05) is 0 Å². The number of ether oxygens (including phenoxy) is 2. The number of esters is 2. The van der Waals surface area contributed by atoms with Gasteiger partial charge in [-0.15, -0.1) is 0 Å². The molecule has 19 heavy (non-hydrogen) atoms. The zero-order valence-electron chi connectivity index (χ0n) is 11.7. The average molecular weight is 270 g/mol. The van der Waals surface area contributed by atoms with Crippen LogP contribution in [0.4, 0.5) is 0 Å². The van der Waals surface area contributed by atoms with Crippen LogP contribution in [0, 0.1) is 0 Å². The molecule has 0 unspecified atom stereocenters. The Hall–Kier alpha value is -1.65. The van der Waals surface area contributed by atoms with Crippen LogP contribution in [0.2, 0.25) is 0 Å². The van der Waals surface area contributed by atoms with E-state index in [1.165, 1.54) is 6.92 Å². The van der Waals surface area contributed by atoms with Gasteiger partial charge in [0.2, 0.25) is 0 Å². The molecule has 0 aromatic rings. The molecule has 0 aromatic carbocycles. The fourth-order valence-corrected chi connectivity index (χ4v) is 1.29. The Balaban J connectivity index is 3.32. The normalized spacial score (nSPS) is 9.79. The smallest absolute Gasteiger partial charge is 0.333 e. The molecule has 0 atom stereocenters. The summed E-state index contributed by atoms with van der Waals surface area (Å²) in [5.74, 6) is -1.02. The summed E-state index contributed by atoms with van der Waals surface area (Å²) in [4.78, 5) is 32.7. The van der Waals surface area contributed by atoms with E-state index in [9.17, 15) is 14.4 Å². The maximum absolute atomic E-state index is 11.0. The highest BCUT2D eigenvalue weighted by molar-refractivity contribution is 5.94. The number of Topliss-reactive ketones (excluding diaryl/α,β-unsaturated/α-hetero) is 1. The standard InChI is InChI=1S/C14H22O5/c1-11(2)14(17)19-9-7-5-4-6-8-18-13(16)10-12(3)15/h1,4-10H2,2-3H3. The van der Waals surface area contributed by atoms with Gasteiger partial charge < -0.3 is 9.47 Å². The van der Waals surface area contributed by atoms with Crippen molar-refractivity contribution in [1.29, 1.82) is 0 Å². The number of carbonyl (C=O) groups is 3. The minimum absolute atomic E-state index is 0.156. The first-order chi connectivity index (χ1) is 8.93. The average Bonchev–Trinajstić information content (AvgIpc) is 2.31. The Morgan fingerprint density at radius 3 is 1.89 bits per heavy atom. The lowest BCUT2D eigenvalue weighted by molar-refractivity contribution is -0.146. The Bertz CT molecular complexity index is 333. The van der Waals surface area contributed by atoms with Crippen LogP contribution in [0.25, 0.3) is 0 Å². The molecule has 0 spiro atoms. The zero-order chi connectivity index (χ0) is 14.7. The van der Waals surface area contributed by atoms with E-state index in [-0.39, 0.29) is 18.2 Å². The van der Waals surface area contributed by atoms with Crippen molar-refractivity contribution < 1.29 is 23.9 Å². The molecule has 0 rings (SSSR count). The Morgan fingerprint density at radius 2 is 1.42 bits per heavy atom. The molecule has 0 aliphatic carbocycles. The fraction of sp³-hybridized carbons (Fsp3) is 0.643. The van der Waals surface area contributed by atoms with E-state index in [1.54, 1.807) is 6.92 Å². The first-order valence-electron chi connectivity index (χ1n) is 6.41. The topological polar surface area (TPSA) is 69.7 Å². The van der Waals surface area contributed by atoms with Gasteiger partial charge in [-0.1, -0.05) is 6.58 Å². The van der Waals surface area contributed by atoms with Crippen LogP contribution in [0.3, 0.4) is 0 Å². The molecule has 5 nitrogen and oxygen atoms in total. The molecule has 0 N–H and O–H groups in total. The molecule has 108 valence electrons. The van der Waals surface area contributed by atoms with Gasteiger partial charge in [0.15, 0.2) is 0 Å². The second kappa shape index (κ2) is 10.3. The van der Waals surface area contributed by atoms with E-state index in [4.69, 9.17) is 9.47 Å². The fourth-order valence-electron chi connectivity index (χ4n) is 1.29. The molecule has 0 saturated heterocycles. The number of hydrogen-bond donors (Lipinski definition) is 0. The first-order valence-corrected chi connectivity index (χ1v) is 6.41. The molecule has 0 bridgehead atoms. The molecular weight excluding hydrogens is 248 g/mol. The van der Waals surface area contributed by atoms with Crippen LogP contribution >= 0.6 is 0 Å². The lowest BCUT2D eigenvalue weighted by Crippen LogP contribution is -2.09. The van der Waals surface area contributed by atoms with Gasteiger partial charge in [0.05, 0.1) is 13.2 Å². The summed E-state index contributed by atoms with van der Waals surface area (Å²) in [6.45, 7) is 7.16. The second-order valence-corrected chi connectivity index (χ2v) is 4.43. The summed E-state index contributed by atoms with van der Waals surface area (Å²) in [6.07, 6.45) is 3.15. The SMILES string of the molecule is C=C(C)C(=O)OCCCCCCOC(=O)CC(C)=O. The molecule has 0 aliphatic heterocycles. The summed E-state index contributed by atoms with van der Waals surface area (Å²) in [7, 11) is 0. The van der Waals surface area contributed by atoms with E-state index in [0.717, 1.165) is 25.7 Å². The van der Waals surface area contributed by atoms with Crippen LogP contribution in [-0.2, 0) is 23.9 Å². The summed E-state index contributed by atoms with van der Waals surface area (Å²) < 4.78 is 9.80. The van der Waals surface area contributed by atoms with Crippen molar-refractivity contribution in [1.82, 2.24) is 0 Å². The number of carbonyl (C=O) groups excluding carboxylic acids is 3. The van der Waals surface area contributed by atoms with Gasteiger partial charge in [-0.25, -0.2) is 4.79 Å². The van der Waals surface area contributed by atoms with Crippen LogP contribution in [0.1, 0.15) is 46.0 Å². The van der Waals surface area contributed by atoms with E-state index >= 15 is 0 Å². The minimum Gasteiger partial charge on any atom is -0.465 e. The second-order valence-electron chi connectivity index (χ2n) is 4.43. The van der Waals surface area contributed by atoms with E-state index < -0.39 is 5.97 Å². The number of rotatable bonds is 10. The van der Waals surface area contributed by atoms with Crippen molar-refractivity contribution in [2.24, 2.45) is 0 Å². The van der Waals surface area contributed by atoms with E-state index in [2.05, 4.69) is 6.58 Å². The van der Waals surface area contributed by atoms with Gasteiger partial charge in [-0.3, -0.25) is 9.59 Å². The minimum atomic E-state index is -0.470. The van der Waals surface area contributed by atoms with Crippen molar-refractivity contribution in [3.63, 3.8) is 0 Å². The molecule has 0 fully saturated rings. The van der Waals surface area contributed by atoms with Gasteiger partial charge >= 0.3 is 11.9 Å². The molecule has 0 radical (unpaired) electrons. The molecule has 0 heterocycles. The molecular formula is C14H22O5. The third-order valence-corrected chi connectivity index (χ3v) is 2.28.